The number of hydrogen-bond acceptors (Lipinski definition) is 5. The van der Waals surface area contributed by atoms with Crippen LogP contribution in [0.25, 0.3) is 10.2 Å². The van der Waals surface area contributed by atoms with Crippen LogP contribution < -0.4 is 5.01 Å². The smallest absolute Gasteiger partial charge is 0.376 e. The molecule has 0 bridgehead atoms. The van der Waals surface area contributed by atoms with E-state index in [9.17, 15) is 18.0 Å². The number of aromatic nitrogens is 1. The lowest BCUT2D eigenvalue weighted by Gasteiger charge is -2.07. The van der Waals surface area contributed by atoms with E-state index in [2.05, 4.69) is 10.1 Å². The average Bonchev–Trinajstić information content (AvgIpc) is 3.07. The van der Waals surface area contributed by atoms with Crippen molar-refractivity contribution in [2.45, 2.75) is 25.6 Å². The molecule has 3 rings (SSSR count). The number of alkyl halides is 3. The maximum absolute atomic E-state index is 12.7. The molecule has 1 aliphatic heterocycles. The number of methoxy groups -OCH3 is 1. The van der Waals surface area contributed by atoms with Crippen molar-refractivity contribution < 1.29 is 22.7 Å². The molecule has 23 heavy (non-hydrogen) atoms. The summed E-state index contributed by atoms with van der Waals surface area (Å²) in [5, 5.41) is 5.56. The molecule has 1 aliphatic rings. The molecule has 0 spiro atoms. The van der Waals surface area contributed by atoms with Crippen molar-refractivity contribution in [2.75, 3.05) is 12.1 Å². The maximum atomic E-state index is 12.7. The number of carbonyl (C=O) groups is 1. The Kier molecular flexibility index (Phi) is 3.85. The minimum atomic E-state index is -4.43. The fourth-order valence-electron chi connectivity index (χ4n) is 2.14. The number of ether oxygens (including phenoxy) is 1. The lowest BCUT2D eigenvalue weighted by atomic mass is 10.2. The van der Waals surface area contributed by atoms with Gasteiger partial charge in [-0.25, -0.2) is 4.98 Å². The van der Waals surface area contributed by atoms with Crippen LogP contribution in [0.1, 0.15) is 18.9 Å². The molecule has 0 aliphatic carbocycles. The first-order valence-corrected chi connectivity index (χ1v) is 7.52. The van der Waals surface area contributed by atoms with Gasteiger partial charge in [0, 0.05) is 7.11 Å². The highest BCUT2D eigenvalue weighted by Gasteiger charge is 2.32. The molecule has 9 heteroatoms. The molecular formula is C14H12F3N3O2S. The fourth-order valence-corrected chi connectivity index (χ4v) is 3.06. The zero-order valence-corrected chi connectivity index (χ0v) is 13.0. The Hall–Kier alpha value is -2.00. The van der Waals surface area contributed by atoms with E-state index in [-0.39, 0.29) is 29.1 Å². The number of hydrogen-bond donors (Lipinski definition) is 0. The molecule has 122 valence electrons. The number of rotatable bonds is 3. The van der Waals surface area contributed by atoms with Crippen LogP contribution in [-0.4, -0.2) is 29.8 Å². The van der Waals surface area contributed by atoms with E-state index >= 15 is 0 Å². The van der Waals surface area contributed by atoms with Crippen molar-refractivity contribution in [1.82, 2.24) is 4.98 Å². The zero-order chi connectivity index (χ0) is 16.8. The van der Waals surface area contributed by atoms with Gasteiger partial charge in [-0.2, -0.15) is 23.3 Å². The first-order valence-electron chi connectivity index (χ1n) is 6.70. The Balaban J connectivity index is 1.98. The lowest BCUT2D eigenvalue weighted by Crippen LogP contribution is -2.20. The van der Waals surface area contributed by atoms with Gasteiger partial charge in [-0.15, -0.1) is 0 Å². The zero-order valence-electron chi connectivity index (χ0n) is 12.2. The SMILES string of the molecule is COC(C)C1=NN(c2nc3cc(C(F)(F)F)ccc3s2)C(=O)C1. The second-order valence-electron chi connectivity index (χ2n) is 5.03. The van der Waals surface area contributed by atoms with Crippen LogP contribution in [0.3, 0.4) is 0 Å². The summed E-state index contributed by atoms with van der Waals surface area (Å²) in [6.45, 7) is 1.77. The average molecular weight is 343 g/mol. The number of benzene rings is 1. The second kappa shape index (κ2) is 5.57. The van der Waals surface area contributed by atoms with E-state index in [0.29, 0.717) is 10.4 Å². The second-order valence-corrected chi connectivity index (χ2v) is 6.04. The van der Waals surface area contributed by atoms with Crippen LogP contribution in [-0.2, 0) is 15.7 Å². The first kappa shape index (κ1) is 15.9. The summed E-state index contributed by atoms with van der Waals surface area (Å²) >= 11 is 1.12. The molecule has 2 heterocycles. The van der Waals surface area contributed by atoms with Crippen LogP contribution in [0, 0.1) is 0 Å². The number of amides is 1. The van der Waals surface area contributed by atoms with Gasteiger partial charge in [0.25, 0.3) is 5.91 Å². The van der Waals surface area contributed by atoms with Crippen molar-refractivity contribution >= 4 is 38.3 Å². The minimum Gasteiger partial charge on any atom is -0.376 e. The van der Waals surface area contributed by atoms with Gasteiger partial charge in [-0.3, -0.25) is 4.79 Å². The highest BCUT2D eigenvalue weighted by Crippen LogP contribution is 2.36. The molecule has 0 N–H and O–H groups in total. The summed E-state index contributed by atoms with van der Waals surface area (Å²) < 4.78 is 43.9. The van der Waals surface area contributed by atoms with Gasteiger partial charge in [0.1, 0.15) is 0 Å². The third kappa shape index (κ3) is 2.93. The highest BCUT2D eigenvalue weighted by molar-refractivity contribution is 7.22. The molecule has 1 amide bonds. The largest absolute Gasteiger partial charge is 0.416 e. The van der Waals surface area contributed by atoms with E-state index in [1.807, 2.05) is 0 Å². The van der Waals surface area contributed by atoms with Gasteiger partial charge in [0.2, 0.25) is 5.13 Å². The van der Waals surface area contributed by atoms with Gasteiger partial charge in [-0.1, -0.05) is 11.3 Å². The summed E-state index contributed by atoms with van der Waals surface area (Å²) in [6.07, 6.45) is -4.63. The van der Waals surface area contributed by atoms with E-state index in [1.165, 1.54) is 13.2 Å². The molecule has 0 saturated carbocycles. The van der Waals surface area contributed by atoms with Crippen molar-refractivity contribution in [3.05, 3.63) is 23.8 Å². The summed E-state index contributed by atoms with van der Waals surface area (Å²) in [6, 6.07) is 3.32. The van der Waals surface area contributed by atoms with Gasteiger partial charge in [0.05, 0.1) is 34.0 Å². The summed E-state index contributed by atoms with van der Waals surface area (Å²) in [4.78, 5) is 16.2. The third-order valence-corrected chi connectivity index (χ3v) is 4.52. The van der Waals surface area contributed by atoms with Crippen LogP contribution in [0.5, 0.6) is 0 Å². The van der Waals surface area contributed by atoms with E-state index in [0.717, 1.165) is 28.5 Å². The predicted octanol–water partition coefficient (Wildman–Crippen LogP) is 3.44. The topological polar surface area (TPSA) is 54.8 Å². The lowest BCUT2D eigenvalue weighted by molar-refractivity contribution is -0.137. The Morgan fingerprint density at radius 1 is 1.39 bits per heavy atom. The number of hydrazone groups is 1. The highest BCUT2D eigenvalue weighted by atomic mass is 32.1. The summed E-state index contributed by atoms with van der Waals surface area (Å²) in [5.41, 5.74) is -0.0180. The number of nitrogens with zero attached hydrogens (tertiary/aromatic N) is 3. The van der Waals surface area contributed by atoms with E-state index in [4.69, 9.17) is 4.74 Å². The van der Waals surface area contributed by atoms with Crippen LogP contribution >= 0.6 is 11.3 Å². The van der Waals surface area contributed by atoms with Gasteiger partial charge < -0.3 is 4.74 Å². The Morgan fingerprint density at radius 2 is 2.13 bits per heavy atom. The van der Waals surface area contributed by atoms with Crippen LogP contribution in [0.2, 0.25) is 0 Å². The molecule has 0 radical (unpaired) electrons. The molecule has 1 aromatic carbocycles. The fraction of sp³-hybridized carbons (Fsp3) is 0.357. The first-order chi connectivity index (χ1) is 10.8. The van der Waals surface area contributed by atoms with E-state index in [1.54, 1.807) is 6.92 Å². The molecule has 5 nitrogen and oxygen atoms in total. The molecule has 2 aromatic rings. The molecule has 0 fully saturated rings. The minimum absolute atomic E-state index is 0.110. The quantitative estimate of drug-likeness (QED) is 0.858. The molecular weight excluding hydrogens is 331 g/mol. The third-order valence-electron chi connectivity index (χ3n) is 3.50. The summed E-state index contributed by atoms with van der Waals surface area (Å²) in [7, 11) is 1.51. The Morgan fingerprint density at radius 3 is 2.78 bits per heavy atom. The summed E-state index contributed by atoms with van der Waals surface area (Å²) in [5.74, 6) is -0.279. The monoisotopic (exact) mass is 343 g/mol. The van der Waals surface area contributed by atoms with Gasteiger partial charge in [-0.05, 0) is 25.1 Å². The van der Waals surface area contributed by atoms with Crippen molar-refractivity contribution in [1.29, 1.82) is 0 Å². The Bertz CT molecular complexity index is 800. The molecule has 1 atom stereocenters. The van der Waals surface area contributed by atoms with E-state index < -0.39 is 11.7 Å². The van der Waals surface area contributed by atoms with Crippen molar-refractivity contribution in [3.8, 4) is 0 Å². The normalized spacial score (nSPS) is 17.0. The number of carbonyl (C=O) groups excluding carboxylic acids is 1. The van der Waals surface area contributed by atoms with Crippen molar-refractivity contribution in [2.24, 2.45) is 5.10 Å². The van der Waals surface area contributed by atoms with Gasteiger partial charge >= 0.3 is 6.18 Å². The predicted molar refractivity (Wildman–Crippen MR) is 80.6 cm³/mol. The number of anilines is 1. The van der Waals surface area contributed by atoms with Crippen LogP contribution in [0.4, 0.5) is 18.3 Å². The molecule has 1 aromatic heterocycles. The van der Waals surface area contributed by atoms with Gasteiger partial charge in [0.15, 0.2) is 0 Å². The van der Waals surface area contributed by atoms with Crippen LogP contribution in [0.15, 0.2) is 23.3 Å². The van der Waals surface area contributed by atoms with Crippen molar-refractivity contribution in [3.63, 3.8) is 0 Å². The molecule has 0 saturated heterocycles. The maximum Gasteiger partial charge on any atom is 0.416 e. The molecule has 1 unspecified atom stereocenters. The number of thiazole rings is 1. The number of fused-ring (bicyclic) bond motifs is 1. The number of halogens is 3. The standard InChI is InChI=1S/C14H12F3N3O2S/c1-7(22-2)9-6-12(21)20(19-9)13-18-10-5-8(14(15,16)17)3-4-11(10)23-13/h3-5,7H,6H2,1-2H3. The Labute approximate surface area is 133 Å².